The molecule has 1 aromatic carbocycles. The SMILES string of the molecule is CCNC(=NCc1ccc(C)cc1OCC(F)(F)F)NCC1CN2CCN1CC2.I. The lowest BCUT2D eigenvalue weighted by Gasteiger charge is -2.47. The summed E-state index contributed by atoms with van der Waals surface area (Å²) in [5.41, 5.74) is 1.47. The van der Waals surface area contributed by atoms with Crippen LogP contribution in [0.3, 0.4) is 0 Å². The Labute approximate surface area is 193 Å². The van der Waals surface area contributed by atoms with Crippen molar-refractivity contribution in [2.45, 2.75) is 32.6 Å². The van der Waals surface area contributed by atoms with E-state index in [4.69, 9.17) is 4.74 Å². The molecular formula is C20H31F3IN5O. The fourth-order valence-electron chi connectivity index (χ4n) is 3.73. The van der Waals surface area contributed by atoms with E-state index in [0.29, 0.717) is 24.1 Å². The van der Waals surface area contributed by atoms with E-state index in [0.717, 1.165) is 44.8 Å². The molecule has 2 N–H and O–H groups in total. The van der Waals surface area contributed by atoms with Crippen molar-refractivity contribution in [3.63, 3.8) is 0 Å². The fraction of sp³-hybridized carbons (Fsp3) is 0.650. The minimum absolute atomic E-state index is 0. The number of hydrogen-bond acceptors (Lipinski definition) is 4. The highest BCUT2D eigenvalue weighted by atomic mass is 127. The fourth-order valence-corrected chi connectivity index (χ4v) is 3.73. The van der Waals surface area contributed by atoms with Gasteiger partial charge in [-0.15, -0.1) is 24.0 Å². The third-order valence-electron chi connectivity index (χ3n) is 5.26. The number of nitrogens with zero attached hydrogens (tertiary/aromatic N) is 3. The van der Waals surface area contributed by atoms with Gasteiger partial charge < -0.3 is 15.4 Å². The Morgan fingerprint density at radius 1 is 1.20 bits per heavy atom. The van der Waals surface area contributed by atoms with Gasteiger partial charge in [0, 0.05) is 57.4 Å². The van der Waals surface area contributed by atoms with E-state index in [-0.39, 0.29) is 36.3 Å². The molecule has 3 saturated heterocycles. The highest BCUT2D eigenvalue weighted by molar-refractivity contribution is 14.0. The van der Waals surface area contributed by atoms with E-state index >= 15 is 0 Å². The molecular weight excluding hydrogens is 510 g/mol. The van der Waals surface area contributed by atoms with Crippen LogP contribution in [0.25, 0.3) is 0 Å². The molecule has 0 radical (unpaired) electrons. The van der Waals surface area contributed by atoms with Crippen LogP contribution in [-0.2, 0) is 6.54 Å². The van der Waals surface area contributed by atoms with Gasteiger partial charge in [-0.1, -0.05) is 12.1 Å². The Hall–Kier alpha value is -1.27. The maximum absolute atomic E-state index is 12.5. The number of nitrogens with one attached hydrogen (secondary N) is 2. The van der Waals surface area contributed by atoms with Gasteiger partial charge in [-0.3, -0.25) is 9.80 Å². The zero-order valence-electron chi connectivity index (χ0n) is 17.5. The van der Waals surface area contributed by atoms with Crippen LogP contribution in [-0.4, -0.2) is 80.4 Å². The van der Waals surface area contributed by atoms with Crippen molar-refractivity contribution in [2.75, 3.05) is 52.4 Å². The summed E-state index contributed by atoms with van der Waals surface area (Å²) >= 11 is 0. The first-order chi connectivity index (χ1) is 13.8. The number of rotatable bonds is 7. The first kappa shape index (κ1) is 25.0. The van der Waals surface area contributed by atoms with E-state index in [1.807, 2.05) is 19.9 Å². The number of piperazine rings is 3. The number of benzene rings is 1. The number of hydrogen-bond donors (Lipinski definition) is 2. The molecule has 0 spiro atoms. The summed E-state index contributed by atoms with van der Waals surface area (Å²) in [7, 11) is 0. The van der Waals surface area contributed by atoms with Gasteiger partial charge in [-0.05, 0) is 25.5 Å². The Morgan fingerprint density at radius 2 is 1.93 bits per heavy atom. The molecule has 2 bridgehead atoms. The Kier molecular flexibility index (Phi) is 9.48. The van der Waals surface area contributed by atoms with Crippen LogP contribution in [0.5, 0.6) is 5.75 Å². The van der Waals surface area contributed by atoms with Crippen LogP contribution in [0.2, 0.25) is 0 Å². The molecule has 3 aliphatic rings. The zero-order chi connectivity index (χ0) is 20.9. The van der Waals surface area contributed by atoms with Crippen LogP contribution in [0.4, 0.5) is 13.2 Å². The molecule has 4 rings (SSSR count). The number of halogens is 4. The lowest BCUT2D eigenvalue weighted by atomic mass is 10.1. The third kappa shape index (κ3) is 7.45. The van der Waals surface area contributed by atoms with Gasteiger partial charge >= 0.3 is 6.18 Å². The number of alkyl halides is 3. The minimum Gasteiger partial charge on any atom is -0.484 e. The maximum atomic E-state index is 12.5. The molecule has 0 aromatic heterocycles. The van der Waals surface area contributed by atoms with Gasteiger partial charge in [-0.25, -0.2) is 4.99 Å². The number of fused-ring (bicyclic) bond motifs is 3. The van der Waals surface area contributed by atoms with Gasteiger partial charge in [0.1, 0.15) is 5.75 Å². The second kappa shape index (κ2) is 11.4. The third-order valence-corrected chi connectivity index (χ3v) is 5.26. The van der Waals surface area contributed by atoms with Crippen LogP contribution in [0.1, 0.15) is 18.1 Å². The average Bonchev–Trinajstić information content (AvgIpc) is 2.70. The Bertz CT molecular complexity index is 708. The van der Waals surface area contributed by atoms with Crippen molar-refractivity contribution >= 4 is 29.9 Å². The first-order valence-electron chi connectivity index (χ1n) is 10.1. The van der Waals surface area contributed by atoms with Crippen molar-refractivity contribution in [3.05, 3.63) is 29.3 Å². The molecule has 0 amide bonds. The first-order valence-corrected chi connectivity index (χ1v) is 10.1. The molecule has 30 heavy (non-hydrogen) atoms. The molecule has 1 unspecified atom stereocenters. The van der Waals surface area contributed by atoms with Crippen LogP contribution < -0.4 is 15.4 Å². The Morgan fingerprint density at radius 3 is 2.53 bits per heavy atom. The van der Waals surface area contributed by atoms with Crippen molar-refractivity contribution in [3.8, 4) is 5.75 Å². The minimum atomic E-state index is -4.37. The predicted molar refractivity (Wildman–Crippen MR) is 123 cm³/mol. The second-order valence-electron chi connectivity index (χ2n) is 7.58. The quantitative estimate of drug-likeness (QED) is 0.316. The van der Waals surface area contributed by atoms with Crippen molar-refractivity contribution in [1.82, 2.24) is 20.4 Å². The van der Waals surface area contributed by atoms with E-state index in [9.17, 15) is 13.2 Å². The number of aryl methyl sites for hydroxylation is 1. The van der Waals surface area contributed by atoms with Gasteiger partial charge in [0.2, 0.25) is 0 Å². The Balaban J connectivity index is 0.00000320. The molecule has 3 aliphatic heterocycles. The lowest BCUT2D eigenvalue weighted by molar-refractivity contribution is -0.153. The van der Waals surface area contributed by atoms with Crippen molar-refractivity contribution in [2.24, 2.45) is 4.99 Å². The molecule has 3 heterocycles. The molecule has 3 fully saturated rings. The second-order valence-corrected chi connectivity index (χ2v) is 7.58. The highest BCUT2D eigenvalue weighted by Gasteiger charge is 2.31. The standard InChI is InChI=1S/C20H30F3N5O.HI/c1-3-24-19(26-12-17-13-27-6-8-28(17)9-7-27)25-11-16-5-4-15(2)10-18(16)29-14-20(21,22)23;/h4-5,10,17H,3,6-9,11-14H2,1-2H3,(H2,24,25,26);1H. The topological polar surface area (TPSA) is 52.1 Å². The molecule has 0 saturated carbocycles. The summed E-state index contributed by atoms with van der Waals surface area (Å²) in [5, 5.41) is 6.59. The van der Waals surface area contributed by atoms with Crippen LogP contribution >= 0.6 is 24.0 Å². The van der Waals surface area contributed by atoms with Gasteiger partial charge in [0.05, 0.1) is 6.54 Å². The monoisotopic (exact) mass is 541 g/mol. The largest absolute Gasteiger partial charge is 0.484 e. The summed E-state index contributed by atoms with van der Waals surface area (Å²) in [4.78, 5) is 9.54. The summed E-state index contributed by atoms with van der Waals surface area (Å²) in [6.07, 6.45) is -4.37. The van der Waals surface area contributed by atoms with Crippen molar-refractivity contribution in [1.29, 1.82) is 0 Å². The number of ether oxygens (including phenoxy) is 1. The molecule has 6 nitrogen and oxygen atoms in total. The summed E-state index contributed by atoms with van der Waals surface area (Å²) in [6, 6.07) is 5.70. The smallest absolute Gasteiger partial charge is 0.422 e. The van der Waals surface area contributed by atoms with E-state index in [1.165, 1.54) is 0 Å². The summed E-state index contributed by atoms with van der Waals surface area (Å²) in [6.45, 7) is 9.76. The summed E-state index contributed by atoms with van der Waals surface area (Å²) < 4.78 is 42.7. The van der Waals surface area contributed by atoms with Gasteiger partial charge in [-0.2, -0.15) is 13.2 Å². The molecule has 170 valence electrons. The maximum Gasteiger partial charge on any atom is 0.422 e. The van der Waals surface area contributed by atoms with Gasteiger partial charge in [0.25, 0.3) is 0 Å². The predicted octanol–water partition coefficient (Wildman–Crippen LogP) is 2.61. The number of aliphatic imine (C=N–C) groups is 1. The van der Waals surface area contributed by atoms with Crippen LogP contribution in [0.15, 0.2) is 23.2 Å². The van der Waals surface area contributed by atoms with E-state index in [1.54, 1.807) is 12.1 Å². The molecule has 0 aliphatic carbocycles. The van der Waals surface area contributed by atoms with Crippen molar-refractivity contribution < 1.29 is 17.9 Å². The average molecular weight is 541 g/mol. The van der Waals surface area contributed by atoms with Gasteiger partial charge in [0.15, 0.2) is 12.6 Å². The number of guanidine groups is 1. The van der Waals surface area contributed by atoms with E-state index in [2.05, 4.69) is 25.4 Å². The summed E-state index contributed by atoms with van der Waals surface area (Å²) in [5.74, 6) is 0.887. The van der Waals surface area contributed by atoms with Crippen LogP contribution in [0, 0.1) is 6.92 Å². The molecule has 1 atom stereocenters. The molecule has 1 aromatic rings. The zero-order valence-corrected chi connectivity index (χ0v) is 19.8. The highest BCUT2D eigenvalue weighted by Crippen LogP contribution is 2.24. The lowest BCUT2D eigenvalue weighted by Crippen LogP contribution is -2.63. The molecule has 10 heteroatoms. The normalized spacial score (nSPS) is 23.6. The van der Waals surface area contributed by atoms with E-state index < -0.39 is 12.8 Å².